The number of hydrogen-bond donors (Lipinski definition) is 0. The van der Waals surface area contributed by atoms with E-state index in [0.29, 0.717) is 0 Å². The van der Waals surface area contributed by atoms with Crippen LogP contribution in [0.4, 0.5) is 0 Å². The molecule has 0 radical (unpaired) electrons. The average Bonchev–Trinajstić information content (AvgIpc) is 2.88. The number of hydrogen-bond acceptors (Lipinski definition) is 0. The largest absolute Gasteiger partial charge is 0.0622 e. The lowest BCUT2D eigenvalue weighted by molar-refractivity contribution is 1.74. The Labute approximate surface area is 193 Å². The predicted molar refractivity (Wildman–Crippen MR) is 144 cm³/mol. The van der Waals surface area contributed by atoms with Gasteiger partial charge in [-0.15, -0.1) is 0 Å². The van der Waals surface area contributed by atoms with Crippen molar-refractivity contribution in [3.63, 3.8) is 0 Å². The van der Waals surface area contributed by atoms with E-state index in [9.17, 15) is 0 Å². The predicted octanol–water partition coefficient (Wildman–Crippen LogP) is 5.20. The summed E-state index contributed by atoms with van der Waals surface area (Å²) in [6.45, 7) is 0. The van der Waals surface area contributed by atoms with E-state index in [2.05, 4.69) is 146 Å². The molecule has 154 valence electrons. The van der Waals surface area contributed by atoms with Gasteiger partial charge in [0.25, 0.3) is 0 Å². The van der Waals surface area contributed by atoms with Crippen LogP contribution in [-0.4, -0.2) is 0 Å². The minimum atomic E-state index is -0.664. The monoisotopic (exact) mass is 446 g/mol. The molecule has 0 aromatic heterocycles. The van der Waals surface area contributed by atoms with Crippen LogP contribution in [0.25, 0.3) is 0 Å². The van der Waals surface area contributed by atoms with Gasteiger partial charge in [0.1, 0.15) is 0 Å². The van der Waals surface area contributed by atoms with Crippen molar-refractivity contribution in [1.82, 2.24) is 0 Å². The molecule has 0 saturated heterocycles. The summed E-state index contributed by atoms with van der Waals surface area (Å²) >= 11 is 0. The van der Waals surface area contributed by atoms with Gasteiger partial charge in [-0.05, 0) is 47.7 Å². The minimum Gasteiger partial charge on any atom is -0.0622 e. The maximum absolute atomic E-state index is 2.35. The van der Waals surface area contributed by atoms with Crippen LogP contribution >= 0.6 is 15.8 Å². The highest BCUT2D eigenvalue weighted by Crippen LogP contribution is 2.38. The molecule has 5 aromatic rings. The van der Waals surface area contributed by atoms with Crippen molar-refractivity contribution in [3.8, 4) is 0 Å². The van der Waals surface area contributed by atoms with Crippen LogP contribution in [0.5, 0.6) is 0 Å². The number of benzene rings is 5. The van der Waals surface area contributed by atoms with Crippen molar-refractivity contribution in [1.29, 1.82) is 0 Å². The molecule has 0 N–H and O–H groups in total. The summed E-state index contributed by atoms with van der Waals surface area (Å²) < 4.78 is 0. The fraction of sp³-hybridized carbons (Fsp3) is 0. The molecule has 5 aromatic carbocycles. The highest BCUT2D eigenvalue weighted by atomic mass is 31.1. The van der Waals surface area contributed by atoms with Gasteiger partial charge in [0.2, 0.25) is 0 Å². The van der Waals surface area contributed by atoms with E-state index >= 15 is 0 Å². The van der Waals surface area contributed by atoms with E-state index in [1.54, 1.807) is 0 Å². The fourth-order valence-electron chi connectivity index (χ4n) is 4.01. The molecule has 2 heteroatoms. The first-order valence-corrected chi connectivity index (χ1v) is 13.5. The summed E-state index contributed by atoms with van der Waals surface area (Å²) in [5.74, 6) is 0. The second kappa shape index (κ2) is 10.1. The second-order valence-corrected chi connectivity index (χ2v) is 11.9. The van der Waals surface area contributed by atoms with Crippen LogP contribution in [0.1, 0.15) is 0 Å². The first kappa shape index (κ1) is 20.8. The highest BCUT2D eigenvalue weighted by molar-refractivity contribution is 7.85. The summed E-state index contributed by atoms with van der Waals surface area (Å²) in [6, 6.07) is 53.0. The molecule has 0 fully saturated rings. The quantitative estimate of drug-likeness (QED) is 0.315. The molecule has 0 heterocycles. The van der Waals surface area contributed by atoms with Crippen LogP contribution in [0, 0.1) is 0 Å². The van der Waals surface area contributed by atoms with Crippen molar-refractivity contribution in [2.24, 2.45) is 0 Å². The molecule has 0 spiro atoms. The Balaban J connectivity index is 1.74. The van der Waals surface area contributed by atoms with E-state index in [1.165, 1.54) is 31.8 Å². The Morgan fingerprint density at radius 2 is 0.469 bits per heavy atom. The molecule has 0 nitrogen and oxygen atoms in total. The summed E-state index contributed by atoms with van der Waals surface area (Å²) in [5, 5.41) is 8.43. The van der Waals surface area contributed by atoms with E-state index in [0.717, 1.165) is 0 Å². The Morgan fingerprint density at radius 3 is 0.719 bits per heavy atom. The third-order valence-electron chi connectivity index (χ3n) is 5.42. The third-order valence-corrected chi connectivity index (χ3v) is 10.6. The van der Waals surface area contributed by atoms with Gasteiger partial charge in [0.15, 0.2) is 0 Å². The summed E-state index contributed by atoms with van der Waals surface area (Å²) in [7, 11) is -1.33. The van der Waals surface area contributed by atoms with Gasteiger partial charge in [-0.2, -0.15) is 0 Å². The summed E-state index contributed by atoms with van der Waals surface area (Å²) in [4.78, 5) is 0. The van der Waals surface area contributed by atoms with E-state index < -0.39 is 15.8 Å². The molecule has 0 aliphatic rings. The zero-order chi connectivity index (χ0) is 21.6. The van der Waals surface area contributed by atoms with Crippen LogP contribution in [0.2, 0.25) is 0 Å². The van der Waals surface area contributed by atoms with Gasteiger partial charge in [0.05, 0.1) is 0 Å². The Bertz CT molecular complexity index is 1070. The molecular weight excluding hydrogens is 422 g/mol. The van der Waals surface area contributed by atoms with E-state index in [-0.39, 0.29) is 0 Å². The molecule has 0 bridgehead atoms. The van der Waals surface area contributed by atoms with Gasteiger partial charge >= 0.3 is 0 Å². The molecule has 5 rings (SSSR count). The first-order chi connectivity index (χ1) is 15.9. The molecule has 0 saturated carbocycles. The lowest BCUT2D eigenvalue weighted by Crippen LogP contribution is -2.34. The Kier molecular flexibility index (Phi) is 6.55. The van der Waals surface area contributed by atoms with Crippen LogP contribution in [0.15, 0.2) is 146 Å². The van der Waals surface area contributed by atoms with Crippen molar-refractivity contribution < 1.29 is 0 Å². The standard InChI is InChI=1S/C30H24P2/c1-5-15-25(16-6-1)31(26-17-7-2-8-18-26)29-23-13-14-24-30(29)32(27-19-9-3-10-20-27)28-21-11-4-12-22-28/h1-24H. The summed E-state index contributed by atoms with van der Waals surface area (Å²) in [6.07, 6.45) is 0. The highest BCUT2D eigenvalue weighted by Gasteiger charge is 2.25. The minimum absolute atomic E-state index is 0.664. The lowest BCUT2D eigenvalue weighted by Gasteiger charge is -2.27. The van der Waals surface area contributed by atoms with Gasteiger partial charge in [0, 0.05) is 0 Å². The molecule has 0 unspecified atom stereocenters. The molecule has 0 aliphatic carbocycles. The number of rotatable bonds is 6. The Hall–Kier alpha value is -3.04. The second-order valence-electron chi connectivity index (χ2n) is 7.50. The third kappa shape index (κ3) is 4.44. The van der Waals surface area contributed by atoms with Gasteiger partial charge in [-0.3, -0.25) is 0 Å². The van der Waals surface area contributed by atoms with Crippen LogP contribution in [-0.2, 0) is 0 Å². The van der Waals surface area contributed by atoms with E-state index in [1.807, 2.05) is 0 Å². The smallest absolute Gasteiger partial charge is 0.00675 e. The van der Waals surface area contributed by atoms with Gasteiger partial charge < -0.3 is 0 Å². The maximum atomic E-state index is 2.35. The molecule has 0 atom stereocenters. The topological polar surface area (TPSA) is 0 Å². The SMILES string of the molecule is c1ccc(P(c2ccccc2)c2ccccc2P(c2ccccc2)c2ccccc2)cc1. The van der Waals surface area contributed by atoms with Crippen molar-refractivity contribution >= 4 is 47.7 Å². The van der Waals surface area contributed by atoms with Gasteiger partial charge in [-0.1, -0.05) is 146 Å². The summed E-state index contributed by atoms with van der Waals surface area (Å²) in [5.41, 5.74) is 0. The van der Waals surface area contributed by atoms with Crippen molar-refractivity contribution in [2.45, 2.75) is 0 Å². The lowest BCUT2D eigenvalue weighted by atomic mass is 10.3. The molecule has 32 heavy (non-hydrogen) atoms. The van der Waals surface area contributed by atoms with Crippen molar-refractivity contribution in [3.05, 3.63) is 146 Å². The molecule has 0 amide bonds. The zero-order valence-electron chi connectivity index (χ0n) is 17.8. The van der Waals surface area contributed by atoms with Crippen molar-refractivity contribution in [2.75, 3.05) is 0 Å². The Morgan fingerprint density at radius 1 is 0.250 bits per heavy atom. The first-order valence-electron chi connectivity index (χ1n) is 10.8. The molecule has 0 aliphatic heterocycles. The maximum Gasteiger partial charge on any atom is -0.00675 e. The molecular formula is C30H24P2. The average molecular weight is 446 g/mol. The van der Waals surface area contributed by atoms with Crippen LogP contribution in [0.3, 0.4) is 0 Å². The van der Waals surface area contributed by atoms with E-state index in [4.69, 9.17) is 0 Å². The van der Waals surface area contributed by atoms with Crippen LogP contribution < -0.4 is 31.8 Å². The normalized spacial score (nSPS) is 11.1. The zero-order valence-corrected chi connectivity index (χ0v) is 19.5. The van der Waals surface area contributed by atoms with Gasteiger partial charge in [-0.25, -0.2) is 0 Å². The fourth-order valence-corrected chi connectivity index (χ4v) is 9.27.